The molecule has 1 aliphatic heterocycles. The van der Waals surface area contributed by atoms with Crippen LogP contribution in [0.5, 0.6) is 0 Å². The molecule has 6 heteroatoms. The van der Waals surface area contributed by atoms with E-state index in [1.54, 1.807) is 24.3 Å². The summed E-state index contributed by atoms with van der Waals surface area (Å²) in [5, 5.41) is 2.53. The molecule has 1 aromatic carbocycles. The van der Waals surface area contributed by atoms with Crippen molar-refractivity contribution in [3.8, 4) is 0 Å². The van der Waals surface area contributed by atoms with Gasteiger partial charge in [-0.15, -0.1) is 6.58 Å². The Kier molecular flexibility index (Phi) is 4.14. The monoisotopic (exact) mass is 273 g/mol. The van der Waals surface area contributed by atoms with E-state index in [0.29, 0.717) is 12.2 Å². The zero-order valence-corrected chi connectivity index (χ0v) is 10.9. The van der Waals surface area contributed by atoms with Crippen molar-refractivity contribution in [2.24, 2.45) is 0 Å². The first-order chi connectivity index (χ1) is 9.63. The van der Waals surface area contributed by atoms with Gasteiger partial charge in [0.1, 0.15) is 13.1 Å². The van der Waals surface area contributed by atoms with E-state index in [9.17, 15) is 14.4 Å². The maximum Gasteiger partial charge on any atom is 0.332 e. The Morgan fingerprint density at radius 1 is 1.30 bits per heavy atom. The summed E-state index contributed by atoms with van der Waals surface area (Å²) in [6, 6.07) is 8.40. The third-order valence-electron chi connectivity index (χ3n) is 2.87. The van der Waals surface area contributed by atoms with Crippen LogP contribution >= 0.6 is 0 Å². The van der Waals surface area contributed by atoms with Gasteiger partial charge in [0, 0.05) is 12.2 Å². The van der Waals surface area contributed by atoms with Crippen molar-refractivity contribution in [2.45, 2.75) is 0 Å². The van der Waals surface area contributed by atoms with Gasteiger partial charge >= 0.3 is 6.03 Å². The number of benzene rings is 1. The first kappa shape index (κ1) is 13.8. The maximum absolute atomic E-state index is 12.2. The fourth-order valence-electron chi connectivity index (χ4n) is 1.89. The maximum atomic E-state index is 12.2. The van der Waals surface area contributed by atoms with Crippen LogP contribution in [0.4, 0.5) is 10.5 Å². The number of nitrogens with one attached hydrogen (secondary N) is 1. The number of amides is 4. The van der Waals surface area contributed by atoms with Crippen LogP contribution < -0.4 is 10.2 Å². The summed E-state index contributed by atoms with van der Waals surface area (Å²) in [5.41, 5.74) is 0.639. The van der Waals surface area contributed by atoms with Gasteiger partial charge in [-0.1, -0.05) is 24.3 Å². The average molecular weight is 273 g/mol. The normalized spacial score (nSPS) is 14.6. The first-order valence-corrected chi connectivity index (χ1v) is 6.18. The summed E-state index contributed by atoms with van der Waals surface area (Å²) in [6.45, 7) is 3.47. The van der Waals surface area contributed by atoms with Gasteiger partial charge < -0.3 is 5.32 Å². The lowest BCUT2D eigenvalue weighted by molar-refractivity contribution is -0.130. The molecule has 0 aliphatic carbocycles. The smallest absolute Gasteiger partial charge is 0.332 e. The summed E-state index contributed by atoms with van der Waals surface area (Å²) in [6.07, 6.45) is 1.53. The highest BCUT2D eigenvalue weighted by Crippen LogP contribution is 2.20. The molecule has 0 unspecified atom stereocenters. The summed E-state index contributed by atoms with van der Waals surface area (Å²) in [4.78, 5) is 37.9. The van der Waals surface area contributed by atoms with E-state index < -0.39 is 6.03 Å². The number of hydrogen-bond donors (Lipinski definition) is 1. The lowest BCUT2D eigenvalue weighted by Gasteiger charge is -2.16. The van der Waals surface area contributed by atoms with Crippen LogP contribution in [0.3, 0.4) is 0 Å². The van der Waals surface area contributed by atoms with Crippen molar-refractivity contribution < 1.29 is 14.4 Å². The van der Waals surface area contributed by atoms with Gasteiger partial charge in [-0.2, -0.15) is 0 Å². The Balaban J connectivity index is 2.06. The molecule has 1 saturated heterocycles. The van der Waals surface area contributed by atoms with E-state index in [0.717, 1.165) is 4.90 Å². The molecule has 0 spiro atoms. The molecular formula is C14H15N3O3. The first-order valence-electron chi connectivity index (χ1n) is 6.18. The minimum absolute atomic E-state index is 0.0441. The van der Waals surface area contributed by atoms with Gasteiger partial charge in [-0.3, -0.25) is 19.4 Å². The second-order valence-electron chi connectivity index (χ2n) is 4.28. The van der Waals surface area contributed by atoms with E-state index in [4.69, 9.17) is 0 Å². The molecule has 2 rings (SSSR count). The van der Waals surface area contributed by atoms with Crippen LogP contribution in [0, 0.1) is 0 Å². The van der Waals surface area contributed by atoms with E-state index >= 15 is 0 Å². The molecule has 6 nitrogen and oxygen atoms in total. The van der Waals surface area contributed by atoms with Gasteiger partial charge in [-0.05, 0) is 12.1 Å². The minimum atomic E-state index is -0.477. The molecule has 0 radical (unpaired) electrons. The summed E-state index contributed by atoms with van der Waals surface area (Å²) in [7, 11) is 0. The van der Waals surface area contributed by atoms with Crippen molar-refractivity contribution in [1.82, 2.24) is 10.2 Å². The standard InChI is InChI=1S/C14H15N3O3/c1-2-8-15-12(18)9-17-13(19)10-16(14(17)20)11-6-4-3-5-7-11/h2-7H,1,8-10H2,(H,15,18). The molecule has 0 saturated carbocycles. The number of urea groups is 1. The topological polar surface area (TPSA) is 69.7 Å². The lowest BCUT2D eigenvalue weighted by Crippen LogP contribution is -2.41. The molecule has 20 heavy (non-hydrogen) atoms. The fraction of sp³-hybridized carbons (Fsp3) is 0.214. The van der Waals surface area contributed by atoms with Crippen LogP contribution in [0.2, 0.25) is 0 Å². The largest absolute Gasteiger partial charge is 0.351 e. The van der Waals surface area contributed by atoms with Crippen molar-refractivity contribution in [1.29, 1.82) is 0 Å². The third-order valence-corrected chi connectivity index (χ3v) is 2.87. The van der Waals surface area contributed by atoms with Crippen LogP contribution in [-0.4, -0.2) is 42.4 Å². The zero-order chi connectivity index (χ0) is 14.5. The molecule has 1 fully saturated rings. The predicted molar refractivity (Wildman–Crippen MR) is 74.1 cm³/mol. The van der Waals surface area contributed by atoms with E-state index in [1.807, 2.05) is 6.07 Å². The Labute approximate surface area is 116 Å². The lowest BCUT2D eigenvalue weighted by atomic mass is 10.3. The fourth-order valence-corrected chi connectivity index (χ4v) is 1.89. The number of para-hydroxylation sites is 1. The van der Waals surface area contributed by atoms with Gasteiger partial charge in [0.05, 0.1) is 0 Å². The molecule has 0 aromatic heterocycles. The summed E-state index contributed by atoms with van der Waals surface area (Å²) < 4.78 is 0. The molecular weight excluding hydrogens is 258 g/mol. The minimum Gasteiger partial charge on any atom is -0.351 e. The van der Waals surface area contributed by atoms with E-state index in [1.165, 1.54) is 11.0 Å². The molecule has 0 bridgehead atoms. The summed E-state index contributed by atoms with van der Waals surface area (Å²) >= 11 is 0. The van der Waals surface area contributed by atoms with Crippen molar-refractivity contribution >= 4 is 23.5 Å². The average Bonchev–Trinajstić information content (AvgIpc) is 2.74. The number of hydrogen-bond acceptors (Lipinski definition) is 3. The van der Waals surface area contributed by atoms with Crippen LogP contribution in [-0.2, 0) is 9.59 Å². The second kappa shape index (κ2) is 6.01. The summed E-state index contributed by atoms with van der Waals surface area (Å²) in [5.74, 6) is -0.769. The third kappa shape index (κ3) is 2.85. The highest BCUT2D eigenvalue weighted by Gasteiger charge is 2.37. The molecule has 1 heterocycles. The Morgan fingerprint density at radius 3 is 2.65 bits per heavy atom. The predicted octanol–water partition coefficient (Wildman–Crippen LogP) is 0.757. The van der Waals surface area contributed by atoms with Crippen molar-refractivity contribution in [2.75, 3.05) is 24.5 Å². The Bertz CT molecular complexity index is 542. The molecule has 4 amide bonds. The number of anilines is 1. The van der Waals surface area contributed by atoms with E-state index in [2.05, 4.69) is 11.9 Å². The molecule has 104 valence electrons. The van der Waals surface area contributed by atoms with E-state index in [-0.39, 0.29) is 24.9 Å². The van der Waals surface area contributed by atoms with Crippen molar-refractivity contribution in [3.05, 3.63) is 43.0 Å². The highest BCUT2D eigenvalue weighted by molar-refractivity contribution is 6.13. The number of nitrogens with zero attached hydrogens (tertiary/aromatic N) is 2. The zero-order valence-electron chi connectivity index (χ0n) is 10.9. The molecule has 1 N–H and O–H groups in total. The highest BCUT2D eigenvalue weighted by atomic mass is 16.2. The van der Waals surface area contributed by atoms with Gasteiger partial charge in [-0.25, -0.2) is 4.79 Å². The number of carbonyl (C=O) groups excluding carboxylic acids is 3. The number of carbonyl (C=O) groups is 3. The Hall–Kier alpha value is -2.63. The van der Waals surface area contributed by atoms with Gasteiger partial charge in [0.2, 0.25) is 5.91 Å². The molecule has 1 aromatic rings. The van der Waals surface area contributed by atoms with Crippen molar-refractivity contribution in [3.63, 3.8) is 0 Å². The van der Waals surface area contributed by atoms with Crippen LogP contribution in [0.15, 0.2) is 43.0 Å². The van der Waals surface area contributed by atoms with Crippen LogP contribution in [0.25, 0.3) is 0 Å². The quantitative estimate of drug-likeness (QED) is 0.636. The molecule has 0 atom stereocenters. The second-order valence-corrected chi connectivity index (χ2v) is 4.28. The number of rotatable bonds is 5. The molecule has 1 aliphatic rings. The SMILES string of the molecule is C=CCNC(=O)CN1C(=O)CN(c2ccccc2)C1=O. The van der Waals surface area contributed by atoms with Crippen LogP contribution in [0.1, 0.15) is 0 Å². The Morgan fingerprint density at radius 2 is 2.00 bits per heavy atom. The van der Waals surface area contributed by atoms with Gasteiger partial charge in [0.25, 0.3) is 5.91 Å². The van der Waals surface area contributed by atoms with Gasteiger partial charge in [0.15, 0.2) is 0 Å². The number of imide groups is 1.